The van der Waals surface area contributed by atoms with Gasteiger partial charge in [-0.2, -0.15) is 4.98 Å². The molecule has 0 saturated carbocycles. The summed E-state index contributed by atoms with van der Waals surface area (Å²) in [5.41, 5.74) is 2.41. The van der Waals surface area contributed by atoms with Gasteiger partial charge >= 0.3 is 0 Å². The van der Waals surface area contributed by atoms with E-state index in [4.69, 9.17) is 9.47 Å². The molecule has 9 nitrogen and oxygen atoms in total. The molecule has 1 atom stereocenters. The first-order valence-electron chi connectivity index (χ1n) is 14.3. The van der Waals surface area contributed by atoms with Gasteiger partial charge in [-0.05, 0) is 62.2 Å². The molecule has 1 aliphatic rings. The fraction of sp³-hybridized carbons (Fsp3) is 0.344. The molecule has 4 heterocycles. The number of likely N-dealkylation sites (tertiary alicyclic amines) is 1. The Morgan fingerprint density at radius 1 is 0.929 bits per heavy atom. The lowest BCUT2D eigenvalue weighted by Gasteiger charge is -2.38. The number of hydrogen-bond donors (Lipinski definition) is 0. The Hall–Kier alpha value is -4.02. The van der Waals surface area contributed by atoms with Crippen LogP contribution >= 0.6 is 0 Å². The number of piperidine rings is 1. The van der Waals surface area contributed by atoms with E-state index in [0.717, 1.165) is 47.7 Å². The van der Waals surface area contributed by atoms with E-state index in [1.165, 1.54) is 18.5 Å². The van der Waals surface area contributed by atoms with Crippen LogP contribution in [0.1, 0.15) is 25.8 Å². The maximum atomic E-state index is 14.6. The molecule has 0 aliphatic carbocycles. The second kappa shape index (κ2) is 11.3. The summed E-state index contributed by atoms with van der Waals surface area (Å²) in [5.74, 6) is 0.549. The minimum Gasteiger partial charge on any atom is -0.481 e. The monoisotopic (exact) mass is 587 g/mol. The van der Waals surface area contributed by atoms with Crippen LogP contribution in [0, 0.1) is 0 Å². The summed E-state index contributed by atoms with van der Waals surface area (Å²) < 4.78 is 45.8. The van der Waals surface area contributed by atoms with Crippen molar-refractivity contribution >= 4 is 37.5 Å². The van der Waals surface area contributed by atoms with E-state index in [-0.39, 0.29) is 23.4 Å². The highest BCUT2D eigenvalue weighted by Crippen LogP contribution is 2.36. The Kier molecular flexibility index (Phi) is 7.59. The predicted octanol–water partition coefficient (Wildman–Crippen LogP) is 5.47. The molecule has 1 saturated heterocycles. The van der Waals surface area contributed by atoms with Crippen molar-refractivity contribution in [2.75, 3.05) is 38.2 Å². The van der Waals surface area contributed by atoms with Crippen LogP contribution < -0.4 is 13.8 Å². The van der Waals surface area contributed by atoms with Crippen LogP contribution in [0.5, 0.6) is 11.8 Å². The topological polar surface area (TPSA) is 81.8 Å². The van der Waals surface area contributed by atoms with Crippen LogP contribution in [0.3, 0.4) is 0 Å². The number of fused-ring (bicyclic) bond motifs is 3. The summed E-state index contributed by atoms with van der Waals surface area (Å²) in [5, 5.41) is 1.91. The predicted molar refractivity (Wildman–Crippen MR) is 166 cm³/mol. The molecule has 0 N–H and O–H groups in total. The number of para-hydroxylation sites is 1. The Balaban J connectivity index is 1.37. The van der Waals surface area contributed by atoms with Crippen molar-refractivity contribution in [2.24, 2.45) is 7.05 Å². The largest absolute Gasteiger partial charge is 0.481 e. The zero-order chi connectivity index (χ0) is 29.4. The van der Waals surface area contributed by atoms with Gasteiger partial charge < -0.3 is 18.6 Å². The first-order chi connectivity index (χ1) is 20.3. The average molecular weight is 588 g/mol. The molecule has 1 aliphatic heterocycles. The van der Waals surface area contributed by atoms with Gasteiger partial charge in [0.05, 0.1) is 19.1 Å². The third-order valence-corrected chi connectivity index (χ3v) is 10.3. The number of methoxy groups -OCH3 is 2. The molecule has 220 valence electrons. The number of hydrogen-bond acceptors (Lipinski definition) is 6. The van der Waals surface area contributed by atoms with Crippen LogP contribution in [0.15, 0.2) is 84.0 Å². The Bertz CT molecular complexity index is 1810. The Morgan fingerprint density at radius 3 is 2.36 bits per heavy atom. The molecule has 1 fully saturated rings. The lowest BCUT2D eigenvalue weighted by atomic mass is 10.0. The standard InChI is InChI=1S/C32H37N5O4S/c1-23(35-19-15-24(16-20-35)36-17-7-8-18-36)22-37(30-13-14-31(40-3)33-32(30)41-4)42(38,39)25-11-12-29-27(21-25)26-9-5-6-10-28(26)34(29)2/h5-14,17-18,21,23-24H,15-16,19-20,22H2,1-4H3. The summed E-state index contributed by atoms with van der Waals surface area (Å²) in [4.78, 5) is 7.02. The summed E-state index contributed by atoms with van der Waals surface area (Å²) in [7, 11) is 1.01. The van der Waals surface area contributed by atoms with E-state index < -0.39 is 10.0 Å². The molecule has 2 aromatic carbocycles. The van der Waals surface area contributed by atoms with Crippen LogP contribution in [0.4, 0.5) is 5.69 Å². The van der Waals surface area contributed by atoms with Crippen molar-refractivity contribution in [2.45, 2.75) is 36.7 Å². The fourth-order valence-corrected chi connectivity index (χ4v) is 7.77. The van der Waals surface area contributed by atoms with Crippen molar-refractivity contribution in [1.29, 1.82) is 0 Å². The van der Waals surface area contributed by atoms with Crippen molar-refractivity contribution < 1.29 is 17.9 Å². The minimum absolute atomic E-state index is 0.0431. The number of anilines is 1. The highest BCUT2D eigenvalue weighted by molar-refractivity contribution is 7.92. The first-order valence-corrected chi connectivity index (χ1v) is 15.7. The van der Waals surface area contributed by atoms with Crippen LogP contribution in [-0.2, 0) is 17.1 Å². The van der Waals surface area contributed by atoms with Crippen LogP contribution in [-0.4, -0.2) is 67.3 Å². The Morgan fingerprint density at radius 2 is 1.64 bits per heavy atom. The number of ether oxygens (including phenoxy) is 2. The number of sulfonamides is 1. The number of nitrogens with zero attached hydrogens (tertiary/aromatic N) is 5. The molecular formula is C32H37N5O4S. The van der Waals surface area contributed by atoms with E-state index in [9.17, 15) is 8.42 Å². The quantitative estimate of drug-likeness (QED) is 0.228. The summed E-state index contributed by atoms with van der Waals surface area (Å²) in [6.45, 7) is 4.11. The maximum Gasteiger partial charge on any atom is 0.264 e. The van der Waals surface area contributed by atoms with Gasteiger partial charge in [0.1, 0.15) is 5.69 Å². The molecule has 1 unspecified atom stereocenters. The zero-order valence-electron chi connectivity index (χ0n) is 24.5. The second-order valence-electron chi connectivity index (χ2n) is 10.9. The van der Waals surface area contributed by atoms with Gasteiger partial charge in [-0.25, -0.2) is 8.42 Å². The third kappa shape index (κ3) is 4.98. The van der Waals surface area contributed by atoms with E-state index in [2.05, 4.69) is 50.5 Å². The van der Waals surface area contributed by atoms with Gasteiger partial charge in [-0.1, -0.05) is 18.2 Å². The summed E-state index contributed by atoms with van der Waals surface area (Å²) >= 11 is 0. The van der Waals surface area contributed by atoms with Gasteiger partial charge in [0, 0.05) is 79.0 Å². The van der Waals surface area contributed by atoms with Gasteiger partial charge in [0.15, 0.2) is 0 Å². The van der Waals surface area contributed by atoms with Crippen LogP contribution in [0.2, 0.25) is 0 Å². The molecule has 0 bridgehead atoms. The fourth-order valence-electron chi connectivity index (χ4n) is 6.20. The lowest BCUT2D eigenvalue weighted by molar-refractivity contribution is 0.147. The molecule has 0 spiro atoms. The number of pyridine rings is 1. The average Bonchev–Trinajstić information content (AvgIpc) is 3.67. The molecule has 10 heteroatoms. The van der Waals surface area contributed by atoms with E-state index >= 15 is 0 Å². The lowest BCUT2D eigenvalue weighted by Crippen LogP contribution is -2.47. The third-order valence-electron chi connectivity index (χ3n) is 8.56. The molecule has 3 aromatic heterocycles. The number of rotatable bonds is 9. The molecule has 42 heavy (non-hydrogen) atoms. The maximum absolute atomic E-state index is 14.6. The number of benzene rings is 2. The van der Waals surface area contributed by atoms with Gasteiger partial charge in [-0.3, -0.25) is 9.21 Å². The van der Waals surface area contributed by atoms with E-state index in [1.807, 2.05) is 37.4 Å². The SMILES string of the molecule is COc1ccc(N(CC(C)N2CCC(n3cccc3)CC2)S(=O)(=O)c2ccc3c(c2)c2ccccc2n3C)c(OC)n1. The highest BCUT2D eigenvalue weighted by atomic mass is 32.2. The van der Waals surface area contributed by atoms with Crippen molar-refractivity contribution in [3.05, 3.63) is 79.1 Å². The van der Waals surface area contributed by atoms with Crippen LogP contribution in [0.25, 0.3) is 21.8 Å². The van der Waals surface area contributed by atoms with Crippen molar-refractivity contribution in [3.8, 4) is 11.8 Å². The summed E-state index contributed by atoms with van der Waals surface area (Å²) in [6.07, 6.45) is 6.26. The molecule has 6 rings (SSSR count). The van der Waals surface area contributed by atoms with Crippen molar-refractivity contribution in [1.82, 2.24) is 19.0 Å². The molecule has 5 aromatic rings. The minimum atomic E-state index is -4.00. The second-order valence-corrected chi connectivity index (χ2v) is 12.8. The highest BCUT2D eigenvalue weighted by Gasteiger charge is 2.33. The number of aromatic nitrogens is 3. The van der Waals surface area contributed by atoms with E-state index in [1.54, 1.807) is 24.3 Å². The van der Waals surface area contributed by atoms with Crippen molar-refractivity contribution in [3.63, 3.8) is 0 Å². The molecular weight excluding hydrogens is 550 g/mol. The molecule has 0 radical (unpaired) electrons. The van der Waals surface area contributed by atoms with Gasteiger partial charge in [0.2, 0.25) is 11.8 Å². The van der Waals surface area contributed by atoms with Gasteiger partial charge in [0.25, 0.3) is 10.0 Å². The van der Waals surface area contributed by atoms with E-state index in [0.29, 0.717) is 17.6 Å². The number of aryl methyl sites for hydroxylation is 1. The molecule has 0 amide bonds. The first kappa shape index (κ1) is 28.1. The normalized spacial score (nSPS) is 15.7. The van der Waals surface area contributed by atoms with Gasteiger partial charge in [-0.15, -0.1) is 0 Å². The smallest absolute Gasteiger partial charge is 0.264 e. The Labute approximate surface area is 246 Å². The zero-order valence-corrected chi connectivity index (χ0v) is 25.3. The summed E-state index contributed by atoms with van der Waals surface area (Å²) in [6, 6.07) is 21.3.